The third-order valence-corrected chi connectivity index (χ3v) is 2.98. The molecule has 3 heteroatoms. The van der Waals surface area contributed by atoms with Crippen LogP contribution in [0.5, 0.6) is 0 Å². The maximum absolute atomic E-state index is 10.8. The lowest BCUT2D eigenvalue weighted by Gasteiger charge is -2.19. The molecule has 0 spiro atoms. The van der Waals surface area contributed by atoms with Crippen molar-refractivity contribution in [2.24, 2.45) is 0 Å². The van der Waals surface area contributed by atoms with E-state index in [0.717, 1.165) is 32.1 Å². The molecule has 0 heterocycles. The maximum atomic E-state index is 10.8. The molecule has 0 saturated heterocycles. The number of carbonyl (C=O) groups is 1. The van der Waals surface area contributed by atoms with E-state index >= 15 is 0 Å². The van der Waals surface area contributed by atoms with Crippen LogP contribution in [0.25, 0.3) is 0 Å². The van der Waals surface area contributed by atoms with Crippen LogP contribution in [0.4, 0.5) is 0 Å². The van der Waals surface area contributed by atoms with Crippen LogP contribution in [-0.2, 0) is 9.53 Å². The van der Waals surface area contributed by atoms with Crippen LogP contribution in [0.1, 0.15) is 52.9 Å². The Kier molecular flexibility index (Phi) is 12.1. The molecule has 0 bridgehead atoms. The van der Waals surface area contributed by atoms with Crippen LogP contribution >= 0.6 is 0 Å². The van der Waals surface area contributed by atoms with Crippen molar-refractivity contribution in [1.29, 1.82) is 0 Å². The lowest BCUT2D eigenvalue weighted by Crippen LogP contribution is -2.34. The fraction of sp³-hybridized carbons (Fsp3) is 0.526. The lowest BCUT2D eigenvalue weighted by molar-refractivity contribution is -0.161. The molecule has 0 aromatic carbocycles. The average molecular weight is 306 g/mol. The molecule has 1 N–H and O–H groups in total. The second kappa shape index (κ2) is 13.1. The van der Waals surface area contributed by atoms with Crippen LogP contribution in [0.2, 0.25) is 0 Å². The molecule has 0 amide bonds. The van der Waals surface area contributed by atoms with Crippen LogP contribution in [0.3, 0.4) is 0 Å². The van der Waals surface area contributed by atoms with Crippen molar-refractivity contribution in [2.75, 3.05) is 6.61 Å². The molecule has 0 rings (SSSR count). The highest BCUT2D eigenvalue weighted by atomic mass is 16.5. The summed E-state index contributed by atoms with van der Waals surface area (Å²) in [6.07, 6.45) is 21.8. The number of carboxylic acids is 1. The van der Waals surface area contributed by atoms with Crippen molar-refractivity contribution < 1.29 is 14.6 Å². The number of hydrogen-bond acceptors (Lipinski definition) is 2. The summed E-state index contributed by atoms with van der Waals surface area (Å²) in [5, 5.41) is 8.88. The number of aliphatic carboxylic acids is 1. The monoisotopic (exact) mass is 306 g/mol. The second-order valence-electron chi connectivity index (χ2n) is 5.45. The van der Waals surface area contributed by atoms with Gasteiger partial charge in [0.05, 0.1) is 6.61 Å². The quantitative estimate of drug-likeness (QED) is 0.405. The molecule has 0 unspecified atom stereocenters. The molecular weight excluding hydrogens is 276 g/mol. The molecule has 0 saturated carbocycles. The van der Waals surface area contributed by atoms with Crippen molar-refractivity contribution in [3.8, 4) is 0 Å². The predicted octanol–water partition coefficient (Wildman–Crippen LogP) is 5.06. The summed E-state index contributed by atoms with van der Waals surface area (Å²) < 4.78 is 5.31. The Labute approximate surface area is 135 Å². The van der Waals surface area contributed by atoms with Crippen molar-refractivity contribution in [2.45, 2.75) is 58.5 Å². The molecular formula is C19H30O3. The van der Waals surface area contributed by atoms with Gasteiger partial charge in [0.15, 0.2) is 5.60 Å². The highest BCUT2D eigenvalue weighted by molar-refractivity contribution is 5.76. The van der Waals surface area contributed by atoms with E-state index in [0.29, 0.717) is 6.61 Å². The number of allylic oxidation sites excluding steroid dienone is 7. The van der Waals surface area contributed by atoms with Gasteiger partial charge in [0.1, 0.15) is 0 Å². The summed E-state index contributed by atoms with van der Waals surface area (Å²) >= 11 is 0. The minimum Gasteiger partial charge on any atom is -0.479 e. The van der Waals surface area contributed by atoms with Crippen molar-refractivity contribution >= 4 is 5.97 Å². The van der Waals surface area contributed by atoms with Gasteiger partial charge in [-0.2, -0.15) is 0 Å². The van der Waals surface area contributed by atoms with Crippen LogP contribution < -0.4 is 0 Å². The first-order chi connectivity index (χ1) is 10.5. The summed E-state index contributed by atoms with van der Waals surface area (Å²) in [5.74, 6) is -0.933. The molecule has 0 aromatic heterocycles. The molecule has 3 nitrogen and oxygen atoms in total. The summed E-state index contributed by atoms with van der Waals surface area (Å²) in [7, 11) is 0. The maximum Gasteiger partial charge on any atom is 0.335 e. The van der Waals surface area contributed by atoms with Gasteiger partial charge in [-0.1, -0.05) is 55.5 Å². The van der Waals surface area contributed by atoms with E-state index in [1.54, 1.807) is 13.8 Å². The lowest BCUT2D eigenvalue weighted by atomic mass is 10.1. The minimum absolute atomic E-state index is 0.424. The highest BCUT2D eigenvalue weighted by Crippen LogP contribution is 2.09. The molecule has 0 aliphatic rings. The predicted molar refractivity (Wildman–Crippen MR) is 93.0 cm³/mol. The van der Waals surface area contributed by atoms with Crippen molar-refractivity contribution in [3.63, 3.8) is 0 Å². The van der Waals surface area contributed by atoms with Gasteiger partial charge in [0.25, 0.3) is 0 Å². The largest absolute Gasteiger partial charge is 0.479 e. The normalized spacial score (nSPS) is 13.2. The fourth-order valence-corrected chi connectivity index (χ4v) is 1.54. The van der Waals surface area contributed by atoms with E-state index in [2.05, 4.69) is 49.5 Å². The molecule has 0 atom stereocenters. The number of hydrogen-bond donors (Lipinski definition) is 1. The average Bonchev–Trinajstić information content (AvgIpc) is 2.47. The van der Waals surface area contributed by atoms with Crippen molar-refractivity contribution in [3.05, 3.63) is 48.6 Å². The third-order valence-electron chi connectivity index (χ3n) is 2.98. The zero-order valence-electron chi connectivity index (χ0n) is 14.1. The summed E-state index contributed by atoms with van der Waals surface area (Å²) in [6.45, 7) is 5.68. The SMILES string of the molecule is CCC=CCC=CCC=CCC=CCCOC(C)(C)C(=O)O. The van der Waals surface area contributed by atoms with Gasteiger partial charge in [-0.05, 0) is 46.0 Å². The zero-order valence-corrected chi connectivity index (χ0v) is 14.1. The van der Waals surface area contributed by atoms with Gasteiger partial charge in [-0.3, -0.25) is 0 Å². The summed E-state index contributed by atoms with van der Waals surface area (Å²) in [4.78, 5) is 10.8. The Hall–Kier alpha value is -1.61. The van der Waals surface area contributed by atoms with E-state index in [-0.39, 0.29) is 0 Å². The fourth-order valence-electron chi connectivity index (χ4n) is 1.54. The number of rotatable bonds is 12. The first kappa shape index (κ1) is 20.4. The molecule has 0 aromatic rings. The third kappa shape index (κ3) is 12.2. The Morgan fingerprint density at radius 1 is 0.909 bits per heavy atom. The van der Waals surface area contributed by atoms with Crippen LogP contribution in [-0.4, -0.2) is 23.3 Å². The van der Waals surface area contributed by atoms with Gasteiger partial charge in [0, 0.05) is 0 Å². The van der Waals surface area contributed by atoms with Gasteiger partial charge in [-0.15, -0.1) is 0 Å². The summed E-state index contributed by atoms with van der Waals surface area (Å²) in [6, 6.07) is 0. The van der Waals surface area contributed by atoms with Crippen LogP contribution in [0, 0.1) is 0 Å². The Balaban J connectivity index is 3.60. The molecule has 22 heavy (non-hydrogen) atoms. The minimum atomic E-state index is -1.10. The first-order valence-electron chi connectivity index (χ1n) is 7.98. The van der Waals surface area contributed by atoms with E-state index < -0.39 is 11.6 Å². The van der Waals surface area contributed by atoms with E-state index in [1.165, 1.54) is 0 Å². The highest BCUT2D eigenvalue weighted by Gasteiger charge is 2.27. The summed E-state index contributed by atoms with van der Waals surface area (Å²) in [5.41, 5.74) is -1.10. The van der Waals surface area contributed by atoms with E-state index in [1.807, 2.05) is 6.08 Å². The van der Waals surface area contributed by atoms with Crippen molar-refractivity contribution in [1.82, 2.24) is 0 Å². The molecule has 0 aliphatic heterocycles. The smallest absolute Gasteiger partial charge is 0.335 e. The van der Waals surface area contributed by atoms with E-state index in [4.69, 9.17) is 9.84 Å². The molecule has 0 aliphatic carbocycles. The molecule has 124 valence electrons. The van der Waals surface area contributed by atoms with Gasteiger partial charge in [-0.25, -0.2) is 4.79 Å². The topological polar surface area (TPSA) is 46.5 Å². The zero-order chi connectivity index (χ0) is 16.7. The van der Waals surface area contributed by atoms with Gasteiger partial charge >= 0.3 is 5.97 Å². The van der Waals surface area contributed by atoms with Gasteiger partial charge in [0.2, 0.25) is 0 Å². The first-order valence-corrected chi connectivity index (χ1v) is 7.98. The second-order valence-corrected chi connectivity index (χ2v) is 5.45. The Morgan fingerprint density at radius 3 is 1.82 bits per heavy atom. The Bertz CT molecular complexity index is 401. The standard InChI is InChI=1S/C19H30O3/c1-4-5-6-7-8-9-10-11-12-13-14-15-16-17-22-19(2,3)18(20)21/h5-6,8-9,11-12,14-15H,4,7,10,13,16-17H2,1-3H3,(H,20,21). The van der Waals surface area contributed by atoms with E-state index in [9.17, 15) is 4.79 Å². The number of carboxylic acid groups (broad SMARTS) is 1. The number of ether oxygens (including phenoxy) is 1. The molecule has 0 fully saturated rings. The molecule has 0 radical (unpaired) electrons. The van der Waals surface area contributed by atoms with Crippen LogP contribution in [0.15, 0.2) is 48.6 Å². The van der Waals surface area contributed by atoms with Gasteiger partial charge < -0.3 is 9.84 Å². The Morgan fingerprint density at radius 2 is 1.36 bits per heavy atom.